The lowest BCUT2D eigenvalue weighted by atomic mass is 10.2. The minimum Gasteiger partial charge on any atom is -0.497 e. The molecule has 30 heavy (non-hydrogen) atoms. The highest BCUT2D eigenvalue weighted by Gasteiger charge is 2.15. The first-order valence-electron chi connectivity index (χ1n) is 9.26. The maximum atomic E-state index is 12.3. The SMILES string of the molecule is COc1cccc(Nc2nnc(SCC(=O)NC(C)c3cc4ccccc4o3)s2)c1. The van der Waals surface area contributed by atoms with Crippen LogP contribution in [-0.4, -0.2) is 29.0 Å². The van der Waals surface area contributed by atoms with Gasteiger partial charge in [-0.05, 0) is 31.2 Å². The van der Waals surface area contributed by atoms with Crippen molar-refractivity contribution in [1.82, 2.24) is 15.5 Å². The predicted molar refractivity (Wildman–Crippen MR) is 120 cm³/mol. The molecule has 0 radical (unpaired) electrons. The summed E-state index contributed by atoms with van der Waals surface area (Å²) in [5.74, 6) is 1.65. The summed E-state index contributed by atoms with van der Waals surface area (Å²) in [5, 5.41) is 16.1. The number of nitrogens with zero attached hydrogens (tertiary/aromatic N) is 2. The maximum absolute atomic E-state index is 12.3. The number of hydrogen-bond donors (Lipinski definition) is 2. The lowest BCUT2D eigenvalue weighted by Crippen LogP contribution is -2.27. The highest BCUT2D eigenvalue weighted by atomic mass is 32.2. The van der Waals surface area contributed by atoms with Gasteiger partial charge in [-0.3, -0.25) is 4.79 Å². The van der Waals surface area contributed by atoms with E-state index in [0.717, 1.165) is 28.2 Å². The van der Waals surface area contributed by atoms with E-state index in [1.807, 2.05) is 61.5 Å². The van der Waals surface area contributed by atoms with Gasteiger partial charge in [-0.25, -0.2) is 0 Å². The first-order chi connectivity index (χ1) is 14.6. The van der Waals surface area contributed by atoms with Gasteiger partial charge in [0.2, 0.25) is 11.0 Å². The van der Waals surface area contributed by atoms with Crippen molar-refractivity contribution in [3.8, 4) is 5.75 Å². The van der Waals surface area contributed by atoms with Crippen molar-refractivity contribution in [3.05, 3.63) is 60.4 Å². The van der Waals surface area contributed by atoms with Gasteiger partial charge in [0.15, 0.2) is 4.34 Å². The summed E-state index contributed by atoms with van der Waals surface area (Å²) in [5.41, 5.74) is 1.67. The highest BCUT2D eigenvalue weighted by Crippen LogP contribution is 2.29. The van der Waals surface area contributed by atoms with Gasteiger partial charge in [0.25, 0.3) is 0 Å². The number of aromatic nitrogens is 2. The number of para-hydroxylation sites is 1. The van der Waals surface area contributed by atoms with Gasteiger partial charge in [-0.1, -0.05) is 47.4 Å². The second kappa shape index (κ2) is 9.19. The number of anilines is 2. The van der Waals surface area contributed by atoms with Crippen LogP contribution in [0.15, 0.2) is 63.4 Å². The molecule has 0 bridgehead atoms. The summed E-state index contributed by atoms with van der Waals surface area (Å²) in [7, 11) is 1.62. The Hall–Kier alpha value is -3.04. The first-order valence-corrected chi connectivity index (χ1v) is 11.1. The molecule has 4 aromatic rings. The molecular weight excluding hydrogens is 420 g/mol. The Morgan fingerprint density at radius 1 is 1.20 bits per heavy atom. The van der Waals surface area contributed by atoms with Crippen LogP contribution in [0.2, 0.25) is 0 Å². The van der Waals surface area contributed by atoms with E-state index in [-0.39, 0.29) is 17.7 Å². The molecule has 0 saturated carbocycles. The molecule has 7 nitrogen and oxygen atoms in total. The summed E-state index contributed by atoms with van der Waals surface area (Å²) >= 11 is 2.74. The number of rotatable bonds is 8. The van der Waals surface area contributed by atoms with Gasteiger partial charge in [0.05, 0.1) is 18.9 Å². The van der Waals surface area contributed by atoms with Crippen LogP contribution in [0.1, 0.15) is 18.7 Å². The van der Waals surface area contributed by atoms with Crippen LogP contribution in [-0.2, 0) is 4.79 Å². The molecule has 1 unspecified atom stereocenters. The van der Waals surface area contributed by atoms with Crippen molar-refractivity contribution >= 4 is 50.8 Å². The Morgan fingerprint density at radius 2 is 2.07 bits per heavy atom. The number of carbonyl (C=O) groups is 1. The van der Waals surface area contributed by atoms with E-state index in [1.54, 1.807) is 7.11 Å². The number of furan rings is 1. The molecule has 2 heterocycles. The molecule has 0 fully saturated rings. The second-order valence-corrected chi connectivity index (χ2v) is 8.69. The third-order valence-corrected chi connectivity index (χ3v) is 6.28. The minimum atomic E-state index is -0.217. The molecule has 154 valence electrons. The van der Waals surface area contributed by atoms with Gasteiger partial charge in [0.1, 0.15) is 17.1 Å². The average molecular weight is 441 g/mol. The fourth-order valence-corrected chi connectivity index (χ4v) is 4.42. The summed E-state index contributed by atoms with van der Waals surface area (Å²) in [6, 6.07) is 17.1. The maximum Gasteiger partial charge on any atom is 0.231 e. The number of benzene rings is 2. The number of fused-ring (bicyclic) bond motifs is 1. The fourth-order valence-electron chi connectivity index (χ4n) is 2.84. The van der Waals surface area contributed by atoms with Crippen molar-refractivity contribution in [2.75, 3.05) is 18.2 Å². The number of methoxy groups -OCH3 is 1. The molecule has 2 aromatic carbocycles. The van der Waals surface area contributed by atoms with Crippen molar-refractivity contribution in [1.29, 1.82) is 0 Å². The predicted octanol–water partition coefficient (Wildman–Crippen LogP) is 5.01. The van der Waals surface area contributed by atoms with Gasteiger partial charge in [-0.15, -0.1) is 10.2 Å². The van der Waals surface area contributed by atoms with Crippen molar-refractivity contribution in [2.45, 2.75) is 17.3 Å². The van der Waals surface area contributed by atoms with Crippen LogP contribution < -0.4 is 15.4 Å². The van der Waals surface area contributed by atoms with Crippen LogP contribution in [0.25, 0.3) is 11.0 Å². The molecule has 0 spiro atoms. The standard InChI is InChI=1S/C21H20N4O3S2/c1-13(18-10-14-6-3-4-9-17(14)28-18)22-19(26)12-29-21-25-24-20(30-21)23-15-7-5-8-16(11-15)27-2/h3-11,13H,12H2,1-2H3,(H,22,26)(H,23,24). The number of hydrogen-bond acceptors (Lipinski definition) is 8. The van der Waals surface area contributed by atoms with Crippen LogP contribution in [0.3, 0.4) is 0 Å². The number of amides is 1. The molecule has 0 aliphatic heterocycles. The van der Waals surface area contributed by atoms with Crippen molar-refractivity contribution in [3.63, 3.8) is 0 Å². The molecular formula is C21H20N4O3S2. The number of ether oxygens (including phenoxy) is 1. The fraction of sp³-hybridized carbons (Fsp3) is 0.190. The van der Waals surface area contributed by atoms with Crippen molar-refractivity contribution < 1.29 is 13.9 Å². The Morgan fingerprint density at radius 3 is 2.90 bits per heavy atom. The number of nitrogens with one attached hydrogen (secondary N) is 2. The summed E-state index contributed by atoms with van der Waals surface area (Å²) in [6.07, 6.45) is 0. The molecule has 2 N–H and O–H groups in total. The summed E-state index contributed by atoms with van der Waals surface area (Å²) < 4.78 is 11.7. The average Bonchev–Trinajstić information content (AvgIpc) is 3.39. The molecule has 1 amide bonds. The zero-order chi connectivity index (χ0) is 20.9. The zero-order valence-corrected chi connectivity index (χ0v) is 18.0. The van der Waals surface area contributed by atoms with Crippen LogP contribution >= 0.6 is 23.1 Å². The summed E-state index contributed by atoms with van der Waals surface area (Å²) in [4.78, 5) is 12.3. The summed E-state index contributed by atoms with van der Waals surface area (Å²) in [6.45, 7) is 1.90. The van der Waals surface area contributed by atoms with Gasteiger partial charge < -0.3 is 19.8 Å². The first kappa shape index (κ1) is 20.2. The minimum absolute atomic E-state index is 0.0922. The quantitative estimate of drug-likeness (QED) is 0.372. The van der Waals surface area contributed by atoms with Gasteiger partial charge in [-0.2, -0.15) is 0 Å². The van der Waals surface area contributed by atoms with Gasteiger partial charge in [0, 0.05) is 17.1 Å². The third-order valence-electron chi connectivity index (χ3n) is 4.30. The van der Waals surface area contributed by atoms with E-state index < -0.39 is 0 Å². The molecule has 0 aliphatic rings. The molecule has 1 atom stereocenters. The van der Waals surface area contributed by atoms with E-state index >= 15 is 0 Å². The van der Waals surface area contributed by atoms with E-state index in [0.29, 0.717) is 9.47 Å². The van der Waals surface area contributed by atoms with E-state index in [2.05, 4.69) is 20.8 Å². The van der Waals surface area contributed by atoms with Crippen LogP contribution in [0.4, 0.5) is 10.8 Å². The van der Waals surface area contributed by atoms with Crippen LogP contribution in [0.5, 0.6) is 5.75 Å². The third kappa shape index (κ3) is 4.92. The van der Waals surface area contributed by atoms with Crippen LogP contribution in [0, 0.1) is 0 Å². The zero-order valence-electron chi connectivity index (χ0n) is 16.4. The van der Waals surface area contributed by atoms with E-state index in [4.69, 9.17) is 9.15 Å². The van der Waals surface area contributed by atoms with E-state index in [1.165, 1.54) is 23.1 Å². The number of thioether (sulfide) groups is 1. The lowest BCUT2D eigenvalue weighted by Gasteiger charge is -2.10. The molecule has 2 aromatic heterocycles. The molecule has 4 rings (SSSR count). The monoisotopic (exact) mass is 440 g/mol. The van der Waals surface area contributed by atoms with Crippen molar-refractivity contribution in [2.24, 2.45) is 0 Å². The Labute approximate surface area is 181 Å². The lowest BCUT2D eigenvalue weighted by molar-refractivity contribution is -0.119. The van der Waals surface area contributed by atoms with Gasteiger partial charge >= 0.3 is 0 Å². The van der Waals surface area contributed by atoms with E-state index in [9.17, 15) is 4.79 Å². The Balaban J connectivity index is 1.29. The normalized spacial score (nSPS) is 11.9. The smallest absolute Gasteiger partial charge is 0.231 e. The molecule has 9 heteroatoms. The highest BCUT2D eigenvalue weighted by molar-refractivity contribution is 8.01. The second-order valence-electron chi connectivity index (χ2n) is 6.49. The Kier molecular flexibility index (Phi) is 6.20. The largest absolute Gasteiger partial charge is 0.497 e. The number of carbonyl (C=O) groups excluding carboxylic acids is 1. The Bertz CT molecular complexity index is 1120. The molecule has 0 aliphatic carbocycles. The molecule has 0 saturated heterocycles. The topological polar surface area (TPSA) is 89.3 Å².